The van der Waals surface area contributed by atoms with Gasteiger partial charge in [0.2, 0.25) is 0 Å². The van der Waals surface area contributed by atoms with E-state index in [4.69, 9.17) is 9.05 Å². The van der Waals surface area contributed by atoms with Crippen molar-refractivity contribution in [3.8, 4) is 11.5 Å². The van der Waals surface area contributed by atoms with E-state index in [1.54, 1.807) is 0 Å². The van der Waals surface area contributed by atoms with Crippen molar-refractivity contribution in [1.82, 2.24) is 0 Å². The monoisotopic (exact) mass is 526 g/mol. The Balaban J connectivity index is 2.67. The summed E-state index contributed by atoms with van der Waals surface area (Å²) in [4.78, 5) is 0. The Labute approximate surface area is 230 Å². The predicted octanol–water partition coefficient (Wildman–Crippen LogP) is 11.2. The zero-order valence-corrected chi connectivity index (χ0v) is 27.5. The number of hydrogen-bond acceptors (Lipinski definition) is 2. The standard InChI is InChI=1S/C34H55O2P/c1-16-34(15,17-2)37(35-28-20-18-24(30(3,4)5)22-26(28)32(9,10)11)36-29-21-19-25(31(6,7)8)23-27(29)33(12,13)14/h18-23H,16-17H2,1-15H3. The van der Waals surface area contributed by atoms with Gasteiger partial charge in [0.1, 0.15) is 11.5 Å². The second-order valence-corrected chi connectivity index (χ2v) is 17.0. The van der Waals surface area contributed by atoms with E-state index in [9.17, 15) is 0 Å². The third-order valence-corrected chi connectivity index (χ3v) is 9.87. The minimum absolute atomic E-state index is 0.0443. The molecule has 0 aromatic heterocycles. The van der Waals surface area contributed by atoms with E-state index in [0.29, 0.717) is 0 Å². The molecule has 0 atom stereocenters. The van der Waals surface area contributed by atoms with Gasteiger partial charge in [-0.1, -0.05) is 121 Å². The topological polar surface area (TPSA) is 18.5 Å². The molecule has 0 N–H and O–H groups in total. The third-order valence-electron chi connectivity index (χ3n) is 7.63. The second kappa shape index (κ2) is 10.9. The summed E-state index contributed by atoms with van der Waals surface area (Å²) in [6.07, 6.45) is 1.98. The maximum Gasteiger partial charge on any atom is 0.296 e. The minimum Gasteiger partial charge on any atom is -0.438 e. The van der Waals surface area contributed by atoms with Crippen LogP contribution in [0.4, 0.5) is 0 Å². The third kappa shape index (κ3) is 7.75. The van der Waals surface area contributed by atoms with Gasteiger partial charge in [-0.05, 0) is 64.7 Å². The lowest BCUT2D eigenvalue weighted by Gasteiger charge is -2.37. The van der Waals surface area contributed by atoms with Crippen LogP contribution in [-0.2, 0) is 21.7 Å². The number of benzene rings is 2. The van der Waals surface area contributed by atoms with E-state index in [1.165, 1.54) is 22.3 Å². The Kier molecular flexibility index (Phi) is 9.35. The lowest BCUT2D eigenvalue weighted by Crippen LogP contribution is -2.27. The summed E-state index contributed by atoms with van der Waals surface area (Å²) in [5.74, 6) is 1.90. The molecular weight excluding hydrogens is 471 g/mol. The van der Waals surface area contributed by atoms with E-state index in [-0.39, 0.29) is 26.8 Å². The molecule has 0 spiro atoms. The van der Waals surface area contributed by atoms with Gasteiger partial charge in [0.25, 0.3) is 8.38 Å². The Hall–Kier alpha value is -1.53. The lowest BCUT2D eigenvalue weighted by atomic mass is 9.80. The van der Waals surface area contributed by atoms with Gasteiger partial charge in [0.05, 0.1) is 5.16 Å². The second-order valence-electron chi connectivity index (χ2n) is 15.1. The average Bonchev–Trinajstić information content (AvgIpc) is 2.75. The molecule has 2 rings (SSSR count). The minimum atomic E-state index is -1.26. The van der Waals surface area contributed by atoms with Crippen molar-refractivity contribution < 1.29 is 9.05 Å². The van der Waals surface area contributed by atoms with Gasteiger partial charge in [-0.2, -0.15) is 0 Å². The molecule has 0 radical (unpaired) electrons. The maximum atomic E-state index is 7.00. The van der Waals surface area contributed by atoms with Crippen molar-refractivity contribution in [2.24, 2.45) is 0 Å². The van der Waals surface area contributed by atoms with Crippen LogP contribution in [0.15, 0.2) is 36.4 Å². The fraction of sp³-hybridized carbons (Fsp3) is 0.647. The van der Waals surface area contributed by atoms with Crippen molar-refractivity contribution in [1.29, 1.82) is 0 Å². The summed E-state index contributed by atoms with van der Waals surface area (Å²) in [5, 5.41) is -0.0783. The van der Waals surface area contributed by atoms with Crippen molar-refractivity contribution in [3.63, 3.8) is 0 Å². The molecule has 2 aromatic carbocycles. The lowest BCUT2D eigenvalue weighted by molar-refractivity contribution is 0.408. The largest absolute Gasteiger partial charge is 0.438 e. The smallest absolute Gasteiger partial charge is 0.296 e. The summed E-state index contributed by atoms with van der Waals surface area (Å²) in [7, 11) is -1.26. The zero-order valence-electron chi connectivity index (χ0n) is 26.6. The first-order valence-electron chi connectivity index (χ1n) is 14.1. The van der Waals surface area contributed by atoms with Gasteiger partial charge < -0.3 is 9.05 Å². The Bertz CT molecular complexity index is 974. The fourth-order valence-electron chi connectivity index (χ4n) is 4.25. The molecule has 2 nitrogen and oxygen atoms in total. The molecular formula is C34H55O2P. The Morgan fingerprint density at radius 3 is 1.08 bits per heavy atom. The molecule has 0 heterocycles. The van der Waals surface area contributed by atoms with Crippen molar-refractivity contribution >= 4 is 8.38 Å². The molecule has 0 saturated heterocycles. The highest BCUT2D eigenvalue weighted by Crippen LogP contribution is 2.57. The van der Waals surface area contributed by atoms with Gasteiger partial charge >= 0.3 is 0 Å². The molecule has 2 aromatic rings. The van der Waals surface area contributed by atoms with E-state index in [1.807, 2.05) is 0 Å². The van der Waals surface area contributed by atoms with E-state index in [0.717, 1.165) is 24.3 Å². The normalized spacial score (nSPS) is 13.7. The number of hydrogen-bond donors (Lipinski definition) is 0. The molecule has 0 aliphatic rings. The van der Waals surface area contributed by atoms with E-state index in [2.05, 4.69) is 140 Å². The molecule has 0 aliphatic carbocycles. The SMILES string of the molecule is CCC(C)(CC)P(Oc1ccc(C(C)(C)C)cc1C(C)(C)C)Oc1ccc(C(C)(C)C)cc1C(C)(C)C. The van der Waals surface area contributed by atoms with Crippen LogP contribution in [0.2, 0.25) is 0 Å². The van der Waals surface area contributed by atoms with Crippen molar-refractivity contribution in [2.75, 3.05) is 0 Å². The van der Waals surface area contributed by atoms with Crippen molar-refractivity contribution in [3.05, 3.63) is 58.7 Å². The first-order chi connectivity index (χ1) is 16.6. The van der Waals surface area contributed by atoms with Crippen LogP contribution in [-0.4, -0.2) is 5.16 Å². The summed E-state index contributed by atoms with van der Waals surface area (Å²) >= 11 is 0. The molecule has 0 bridgehead atoms. The predicted molar refractivity (Wildman–Crippen MR) is 165 cm³/mol. The number of rotatable bonds is 7. The van der Waals surface area contributed by atoms with Crippen LogP contribution in [0, 0.1) is 0 Å². The quantitative estimate of drug-likeness (QED) is 0.334. The van der Waals surface area contributed by atoms with Crippen LogP contribution in [0.3, 0.4) is 0 Å². The molecule has 0 unspecified atom stereocenters. The molecule has 0 amide bonds. The highest BCUT2D eigenvalue weighted by molar-refractivity contribution is 7.50. The average molecular weight is 527 g/mol. The van der Waals surface area contributed by atoms with Gasteiger partial charge in [-0.3, -0.25) is 0 Å². The Morgan fingerprint density at radius 2 is 0.838 bits per heavy atom. The molecule has 208 valence electrons. The highest BCUT2D eigenvalue weighted by Gasteiger charge is 2.39. The summed E-state index contributed by atoms with van der Waals surface area (Å²) in [6.45, 7) is 34.1. The van der Waals surface area contributed by atoms with Crippen LogP contribution in [0.25, 0.3) is 0 Å². The van der Waals surface area contributed by atoms with Crippen molar-refractivity contribution in [2.45, 2.75) is 144 Å². The first-order valence-corrected chi connectivity index (χ1v) is 15.3. The van der Waals surface area contributed by atoms with Gasteiger partial charge in [-0.15, -0.1) is 0 Å². The summed E-state index contributed by atoms with van der Waals surface area (Å²) in [6, 6.07) is 13.5. The fourth-order valence-corrected chi connectivity index (χ4v) is 5.92. The maximum absolute atomic E-state index is 7.00. The van der Waals surface area contributed by atoms with Crippen LogP contribution >= 0.6 is 8.38 Å². The van der Waals surface area contributed by atoms with Crippen LogP contribution in [0.1, 0.15) is 139 Å². The molecule has 0 saturated carbocycles. The Morgan fingerprint density at radius 1 is 0.514 bits per heavy atom. The summed E-state index contributed by atoms with van der Waals surface area (Å²) in [5.41, 5.74) is 5.21. The van der Waals surface area contributed by atoms with Gasteiger partial charge in [0, 0.05) is 11.1 Å². The molecule has 0 aliphatic heterocycles. The van der Waals surface area contributed by atoms with Crippen LogP contribution < -0.4 is 9.05 Å². The van der Waals surface area contributed by atoms with Gasteiger partial charge in [0.15, 0.2) is 0 Å². The molecule has 3 heteroatoms. The van der Waals surface area contributed by atoms with E-state index < -0.39 is 8.38 Å². The van der Waals surface area contributed by atoms with Gasteiger partial charge in [-0.25, -0.2) is 0 Å². The molecule has 37 heavy (non-hydrogen) atoms. The first kappa shape index (κ1) is 31.7. The van der Waals surface area contributed by atoms with E-state index >= 15 is 0 Å². The van der Waals surface area contributed by atoms with Crippen LogP contribution in [0.5, 0.6) is 11.5 Å². The molecule has 0 fully saturated rings. The summed E-state index contributed by atoms with van der Waals surface area (Å²) < 4.78 is 14.0. The zero-order chi connectivity index (χ0) is 28.6. The highest BCUT2D eigenvalue weighted by atomic mass is 31.2.